The first-order valence-electron chi connectivity index (χ1n) is 4.44. The van der Waals surface area contributed by atoms with Crippen LogP contribution in [0.3, 0.4) is 0 Å². The predicted molar refractivity (Wildman–Crippen MR) is 55.0 cm³/mol. The highest BCUT2D eigenvalue weighted by Gasteiger charge is 2.19. The fraction of sp³-hybridized carbons (Fsp3) is 0.800. The second-order valence-electron chi connectivity index (χ2n) is 4.16. The van der Waals surface area contributed by atoms with Gasteiger partial charge in [-0.2, -0.15) is 0 Å². The quantitative estimate of drug-likeness (QED) is 0.640. The zero-order valence-corrected chi connectivity index (χ0v) is 9.31. The van der Waals surface area contributed by atoms with E-state index in [-0.39, 0.29) is 5.54 Å². The Bertz CT molecular complexity index is 156. The molecule has 0 aromatic heterocycles. The van der Waals surface area contributed by atoms with Gasteiger partial charge in [-0.15, -0.1) is 0 Å². The summed E-state index contributed by atoms with van der Waals surface area (Å²) in [4.78, 5) is 4.34. The van der Waals surface area contributed by atoms with Crippen LogP contribution >= 0.6 is 0 Å². The standard InChI is InChI=1S/C10H22N2/c1-8-11(6)9(2)12(7)10(3,4)5/h2,8H2,1,3-7H3. The summed E-state index contributed by atoms with van der Waals surface area (Å²) in [6.45, 7) is 13.7. The van der Waals surface area contributed by atoms with Gasteiger partial charge in [-0.1, -0.05) is 6.58 Å². The minimum Gasteiger partial charge on any atom is -0.362 e. The molecule has 0 saturated heterocycles. The highest BCUT2D eigenvalue weighted by Crippen LogP contribution is 2.17. The lowest BCUT2D eigenvalue weighted by Crippen LogP contribution is -2.41. The van der Waals surface area contributed by atoms with Gasteiger partial charge in [-0.3, -0.25) is 0 Å². The minimum absolute atomic E-state index is 0.153. The van der Waals surface area contributed by atoms with Gasteiger partial charge in [0.2, 0.25) is 0 Å². The third kappa shape index (κ3) is 2.76. The van der Waals surface area contributed by atoms with Crippen molar-refractivity contribution in [2.45, 2.75) is 33.2 Å². The average molecular weight is 170 g/mol. The second kappa shape index (κ2) is 3.83. The fourth-order valence-corrected chi connectivity index (χ4v) is 0.826. The van der Waals surface area contributed by atoms with E-state index in [4.69, 9.17) is 0 Å². The van der Waals surface area contributed by atoms with Gasteiger partial charge in [-0.25, -0.2) is 0 Å². The number of hydrogen-bond acceptors (Lipinski definition) is 2. The zero-order chi connectivity index (χ0) is 9.94. The largest absolute Gasteiger partial charge is 0.362 e. The summed E-state index contributed by atoms with van der Waals surface area (Å²) in [5.41, 5.74) is 0.153. The highest BCUT2D eigenvalue weighted by atomic mass is 15.3. The summed E-state index contributed by atoms with van der Waals surface area (Å²) < 4.78 is 0. The van der Waals surface area contributed by atoms with Gasteiger partial charge < -0.3 is 9.80 Å². The third-order valence-corrected chi connectivity index (χ3v) is 2.31. The van der Waals surface area contributed by atoms with Gasteiger partial charge in [0.15, 0.2) is 0 Å². The maximum absolute atomic E-state index is 4.04. The monoisotopic (exact) mass is 170 g/mol. The molecule has 0 aliphatic heterocycles. The molecule has 0 amide bonds. The summed E-state index contributed by atoms with van der Waals surface area (Å²) >= 11 is 0. The maximum atomic E-state index is 4.04. The maximum Gasteiger partial charge on any atom is 0.0964 e. The van der Waals surface area contributed by atoms with Crippen LogP contribution in [0, 0.1) is 0 Å². The van der Waals surface area contributed by atoms with E-state index in [2.05, 4.69) is 58.2 Å². The normalized spacial score (nSPS) is 11.2. The SMILES string of the molecule is C=C(N(C)CC)N(C)C(C)(C)C. The molecule has 0 aromatic carbocycles. The van der Waals surface area contributed by atoms with Crippen LogP contribution in [-0.2, 0) is 0 Å². The predicted octanol–water partition coefficient (Wildman–Crippen LogP) is 2.14. The Balaban J connectivity index is 4.30. The summed E-state index contributed by atoms with van der Waals surface area (Å²) in [7, 11) is 4.14. The van der Waals surface area contributed by atoms with Crippen LogP contribution in [0.2, 0.25) is 0 Å². The first kappa shape index (κ1) is 11.3. The van der Waals surface area contributed by atoms with Gasteiger partial charge in [0.1, 0.15) is 0 Å². The van der Waals surface area contributed by atoms with Gasteiger partial charge >= 0.3 is 0 Å². The lowest BCUT2D eigenvalue weighted by Gasteiger charge is -2.39. The van der Waals surface area contributed by atoms with E-state index in [1.54, 1.807) is 0 Å². The van der Waals surface area contributed by atoms with E-state index < -0.39 is 0 Å². The van der Waals surface area contributed by atoms with Crippen LogP contribution in [0.25, 0.3) is 0 Å². The van der Waals surface area contributed by atoms with Crippen molar-refractivity contribution in [3.05, 3.63) is 12.4 Å². The van der Waals surface area contributed by atoms with E-state index in [1.807, 2.05) is 0 Å². The van der Waals surface area contributed by atoms with Crippen LogP contribution in [0.4, 0.5) is 0 Å². The Morgan fingerprint density at radius 2 is 1.67 bits per heavy atom. The lowest BCUT2D eigenvalue weighted by atomic mass is 10.1. The molecule has 2 nitrogen and oxygen atoms in total. The van der Waals surface area contributed by atoms with Crippen LogP contribution in [0.1, 0.15) is 27.7 Å². The third-order valence-electron chi connectivity index (χ3n) is 2.31. The molecule has 2 heteroatoms. The molecule has 72 valence electrons. The topological polar surface area (TPSA) is 6.48 Å². The average Bonchev–Trinajstić information content (AvgIpc) is 1.98. The van der Waals surface area contributed by atoms with Crippen LogP contribution in [-0.4, -0.2) is 36.0 Å². The van der Waals surface area contributed by atoms with Crippen molar-refractivity contribution in [3.8, 4) is 0 Å². The number of hydrogen-bond donors (Lipinski definition) is 0. The molecule has 12 heavy (non-hydrogen) atoms. The molecule has 0 aliphatic rings. The molecule has 0 aromatic rings. The first-order valence-corrected chi connectivity index (χ1v) is 4.44. The molecule has 0 aliphatic carbocycles. The molecule has 0 radical (unpaired) electrons. The summed E-state index contributed by atoms with van der Waals surface area (Å²) in [6, 6.07) is 0. The molecular weight excluding hydrogens is 148 g/mol. The van der Waals surface area contributed by atoms with Crippen molar-refractivity contribution in [2.75, 3.05) is 20.6 Å². The second-order valence-corrected chi connectivity index (χ2v) is 4.16. The fourth-order valence-electron chi connectivity index (χ4n) is 0.826. The van der Waals surface area contributed by atoms with Crippen molar-refractivity contribution in [1.82, 2.24) is 9.80 Å². The smallest absolute Gasteiger partial charge is 0.0964 e. The minimum atomic E-state index is 0.153. The Morgan fingerprint density at radius 1 is 1.25 bits per heavy atom. The molecule has 0 unspecified atom stereocenters. The zero-order valence-electron chi connectivity index (χ0n) is 9.31. The Labute approximate surface area is 76.9 Å². The number of rotatable bonds is 3. The van der Waals surface area contributed by atoms with Gasteiger partial charge in [0, 0.05) is 26.2 Å². The van der Waals surface area contributed by atoms with E-state index in [0.717, 1.165) is 12.4 Å². The van der Waals surface area contributed by atoms with Crippen molar-refractivity contribution >= 4 is 0 Å². The van der Waals surface area contributed by atoms with Crippen LogP contribution in [0.15, 0.2) is 12.4 Å². The van der Waals surface area contributed by atoms with Gasteiger partial charge in [0.25, 0.3) is 0 Å². The summed E-state index contributed by atoms with van der Waals surface area (Å²) in [5.74, 6) is 1.07. The Kier molecular flexibility index (Phi) is 3.62. The Morgan fingerprint density at radius 3 is 1.92 bits per heavy atom. The molecular formula is C10H22N2. The number of nitrogens with zero attached hydrogens (tertiary/aromatic N) is 2. The van der Waals surface area contributed by atoms with Crippen molar-refractivity contribution < 1.29 is 0 Å². The summed E-state index contributed by atoms with van der Waals surface area (Å²) in [5, 5.41) is 0. The lowest BCUT2D eigenvalue weighted by molar-refractivity contribution is 0.168. The van der Waals surface area contributed by atoms with E-state index in [1.165, 1.54) is 0 Å². The van der Waals surface area contributed by atoms with Gasteiger partial charge in [0.05, 0.1) is 5.82 Å². The first-order chi connectivity index (χ1) is 5.30. The molecule has 0 atom stereocenters. The molecule has 0 heterocycles. The van der Waals surface area contributed by atoms with Crippen LogP contribution < -0.4 is 0 Å². The molecule has 0 fully saturated rings. The molecule has 0 spiro atoms. The molecule has 0 N–H and O–H groups in total. The van der Waals surface area contributed by atoms with Gasteiger partial charge in [-0.05, 0) is 27.7 Å². The van der Waals surface area contributed by atoms with E-state index in [9.17, 15) is 0 Å². The van der Waals surface area contributed by atoms with E-state index in [0.29, 0.717) is 0 Å². The summed E-state index contributed by atoms with van der Waals surface area (Å²) in [6.07, 6.45) is 0. The Hall–Kier alpha value is -0.660. The highest BCUT2D eigenvalue weighted by molar-refractivity contribution is 4.95. The molecule has 0 saturated carbocycles. The van der Waals surface area contributed by atoms with E-state index >= 15 is 0 Å². The molecule has 0 rings (SSSR count). The van der Waals surface area contributed by atoms with Crippen molar-refractivity contribution in [2.24, 2.45) is 0 Å². The molecule has 0 bridgehead atoms. The van der Waals surface area contributed by atoms with Crippen LogP contribution in [0.5, 0.6) is 0 Å². The van der Waals surface area contributed by atoms with Crippen molar-refractivity contribution in [3.63, 3.8) is 0 Å². The van der Waals surface area contributed by atoms with Crippen molar-refractivity contribution in [1.29, 1.82) is 0 Å².